The highest BCUT2D eigenvalue weighted by Gasteiger charge is 2.07. The molecule has 0 aliphatic carbocycles. The van der Waals surface area contributed by atoms with Gasteiger partial charge >= 0.3 is 5.96 Å². The van der Waals surface area contributed by atoms with E-state index in [0.717, 1.165) is 13.1 Å². The molecule has 0 spiro atoms. The third-order valence-corrected chi connectivity index (χ3v) is 1.98. The lowest BCUT2D eigenvalue weighted by Gasteiger charge is -2.13. The summed E-state index contributed by atoms with van der Waals surface area (Å²) >= 11 is 0. The lowest BCUT2D eigenvalue weighted by atomic mass is 10.2. The molecule has 0 aromatic rings. The first-order chi connectivity index (χ1) is 7.07. The minimum absolute atomic E-state index is 0.169. The van der Waals surface area contributed by atoms with Gasteiger partial charge in [0.15, 0.2) is 0 Å². The number of nitrogens with two attached hydrogens (primary N) is 2. The highest BCUT2D eigenvalue weighted by Crippen LogP contribution is 2.02. The molecule has 1 fully saturated rings. The topological polar surface area (TPSA) is 104 Å². The molecule has 0 amide bonds. The average molecular weight is 217 g/mol. The molecule has 0 aromatic carbocycles. The van der Waals surface area contributed by atoms with E-state index in [4.69, 9.17) is 11.5 Å². The van der Waals surface area contributed by atoms with Crippen LogP contribution in [0, 0.1) is 0 Å². The summed E-state index contributed by atoms with van der Waals surface area (Å²) in [7, 11) is 0. The second-order valence-corrected chi connectivity index (χ2v) is 3.16. The van der Waals surface area contributed by atoms with Gasteiger partial charge in [0.1, 0.15) is 0 Å². The van der Waals surface area contributed by atoms with Gasteiger partial charge in [-0.1, -0.05) is 0 Å². The molecule has 0 radical (unpaired) electrons. The third kappa shape index (κ3) is 7.60. The zero-order valence-electron chi connectivity index (χ0n) is 9.07. The van der Waals surface area contributed by atoms with Gasteiger partial charge in [0, 0.05) is 6.61 Å². The van der Waals surface area contributed by atoms with E-state index in [1.165, 1.54) is 19.3 Å². The van der Waals surface area contributed by atoms with E-state index in [-0.39, 0.29) is 6.61 Å². The van der Waals surface area contributed by atoms with Gasteiger partial charge in [-0.15, -0.1) is 0 Å². The van der Waals surface area contributed by atoms with E-state index >= 15 is 0 Å². The Labute approximate surface area is 89.5 Å². The highest BCUT2D eigenvalue weighted by molar-refractivity contribution is 5.70. The van der Waals surface area contributed by atoms with Gasteiger partial charge in [0.25, 0.3) is 6.16 Å². The van der Waals surface area contributed by atoms with Crippen LogP contribution < -0.4 is 16.6 Å². The molecule has 1 rings (SSSR count). The molecule has 0 aromatic heterocycles. The molecular weight excluding hydrogens is 198 g/mol. The van der Waals surface area contributed by atoms with E-state index in [9.17, 15) is 9.90 Å². The first-order valence-corrected chi connectivity index (χ1v) is 5.04. The van der Waals surface area contributed by atoms with Crippen LogP contribution in [0.5, 0.6) is 0 Å². The second kappa shape index (κ2) is 7.90. The zero-order chi connectivity index (χ0) is 11.7. The molecule has 1 heterocycles. The molecular formula is C9H19N3O3. The summed E-state index contributed by atoms with van der Waals surface area (Å²) in [6.07, 6.45) is 2.33. The van der Waals surface area contributed by atoms with Crippen LogP contribution in [0.3, 0.4) is 0 Å². The number of carbonyl (C=O) groups is 1. The molecule has 4 N–H and O–H groups in total. The van der Waals surface area contributed by atoms with Crippen molar-refractivity contribution in [1.29, 1.82) is 0 Å². The molecule has 1 saturated heterocycles. The van der Waals surface area contributed by atoms with Crippen LogP contribution in [0.2, 0.25) is 0 Å². The number of hydrogen-bond donors (Lipinski definition) is 2. The predicted molar refractivity (Wildman–Crippen MR) is 54.2 cm³/mol. The Morgan fingerprint density at radius 3 is 2.07 bits per heavy atom. The molecule has 0 saturated carbocycles. The Hall–Kier alpha value is -1.46. The van der Waals surface area contributed by atoms with E-state index < -0.39 is 6.16 Å². The zero-order valence-corrected chi connectivity index (χ0v) is 9.07. The van der Waals surface area contributed by atoms with Crippen molar-refractivity contribution in [2.45, 2.75) is 26.2 Å². The fourth-order valence-corrected chi connectivity index (χ4v) is 1.27. The van der Waals surface area contributed by atoms with Crippen LogP contribution in [0.15, 0.2) is 0 Å². The third-order valence-electron chi connectivity index (χ3n) is 1.98. The van der Waals surface area contributed by atoms with Crippen LogP contribution in [-0.4, -0.2) is 36.4 Å². The van der Waals surface area contributed by atoms with Crippen molar-refractivity contribution in [2.24, 2.45) is 11.5 Å². The number of piperidine rings is 1. The normalized spacial score (nSPS) is 14.9. The van der Waals surface area contributed by atoms with Crippen molar-refractivity contribution >= 4 is 12.1 Å². The van der Waals surface area contributed by atoms with E-state index in [0.29, 0.717) is 5.96 Å². The SMILES string of the molecule is CCOC(=O)[O-].NC(N)=[N+]1CCCCC1. The number of carbonyl (C=O) groups excluding carboxylic acids is 1. The molecule has 15 heavy (non-hydrogen) atoms. The molecule has 6 heteroatoms. The maximum atomic E-state index is 9.27. The fraction of sp³-hybridized carbons (Fsp3) is 0.778. The van der Waals surface area contributed by atoms with Gasteiger partial charge in [0.2, 0.25) is 0 Å². The number of guanidine groups is 1. The molecule has 88 valence electrons. The number of hydrogen-bond acceptors (Lipinski definition) is 3. The van der Waals surface area contributed by atoms with Crippen LogP contribution in [0.4, 0.5) is 4.79 Å². The predicted octanol–water partition coefficient (Wildman–Crippen LogP) is -1.18. The quantitative estimate of drug-likeness (QED) is 0.327. The summed E-state index contributed by atoms with van der Waals surface area (Å²) in [5, 5.41) is 9.27. The summed E-state index contributed by atoms with van der Waals surface area (Å²) in [6, 6.07) is 0. The van der Waals surface area contributed by atoms with Gasteiger partial charge < -0.3 is 14.6 Å². The lowest BCUT2D eigenvalue weighted by molar-refractivity contribution is -0.539. The minimum Gasteiger partial charge on any atom is -0.550 e. The summed E-state index contributed by atoms with van der Waals surface area (Å²) in [4.78, 5) is 9.27. The first-order valence-electron chi connectivity index (χ1n) is 5.04. The van der Waals surface area contributed by atoms with Gasteiger partial charge in [-0.25, -0.2) is 0 Å². The van der Waals surface area contributed by atoms with E-state index in [1.807, 2.05) is 4.58 Å². The Morgan fingerprint density at radius 1 is 1.33 bits per heavy atom. The number of nitrogens with zero attached hydrogens (tertiary/aromatic N) is 1. The first kappa shape index (κ1) is 13.5. The van der Waals surface area contributed by atoms with Crippen molar-refractivity contribution in [1.82, 2.24) is 0 Å². The summed E-state index contributed by atoms with van der Waals surface area (Å²) in [5.74, 6) is 0.481. The molecule has 1 aliphatic rings. The molecule has 0 unspecified atom stereocenters. The van der Waals surface area contributed by atoms with Crippen molar-refractivity contribution in [3.63, 3.8) is 0 Å². The summed E-state index contributed by atoms with van der Waals surface area (Å²) in [6.45, 7) is 3.84. The number of ether oxygens (including phenoxy) is 1. The van der Waals surface area contributed by atoms with E-state index in [2.05, 4.69) is 4.74 Å². The van der Waals surface area contributed by atoms with Crippen LogP contribution in [-0.2, 0) is 4.74 Å². The maximum Gasteiger partial charge on any atom is 0.341 e. The molecule has 1 aliphatic heterocycles. The molecule has 0 bridgehead atoms. The van der Waals surface area contributed by atoms with Crippen molar-refractivity contribution in [2.75, 3.05) is 19.7 Å². The number of carboxylic acid groups (broad SMARTS) is 1. The van der Waals surface area contributed by atoms with Crippen LogP contribution >= 0.6 is 0 Å². The largest absolute Gasteiger partial charge is 0.550 e. The molecule has 6 nitrogen and oxygen atoms in total. The maximum absolute atomic E-state index is 9.27. The van der Waals surface area contributed by atoms with Crippen molar-refractivity contribution in [3.8, 4) is 0 Å². The summed E-state index contributed by atoms with van der Waals surface area (Å²) in [5.41, 5.74) is 10.8. The Bertz CT molecular complexity index is 217. The Balaban J connectivity index is 0.000000288. The van der Waals surface area contributed by atoms with E-state index in [1.54, 1.807) is 6.92 Å². The lowest BCUT2D eigenvalue weighted by Crippen LogP contribution is -2.38. The molecule has 0 atom stereocenters. The Morgan fingerprint density at radius 2 is 1.87 bits per heavy atom. The monoisotopic (exact) mass is 217 g/mol. The summed E-state index contributed by atoms with van der Waals surface area (Å²) < 4.78 is 5.88. The van der Waals surface area contributed by atoms with Gasteiger partial charge in [-0.05, 0) is 26.2 Å². The fourth-order valence-electron chi connectivity index (χ4n) is 1.27. The van der Waals surface area contributed by atoms with Crippen LogP contribution in [0.25, 0.3) is 0 Å². The van der Waals surface area contributed by atoms with Crippen molar-refractivity contribution < 1.29 is 19.2 Å². The van der Waals surface area contributed by atoms with Crippen LogP contribution in [0.1, 0.15) is 26.2 Å². The second-order valence-electron chi connectivity index (χ2n) is 3.16. The average Bonchev–Trinajstić information content (AvgIpc) is 2.20. The minimum atomic E-state index is -1.46. The Kier molecular flexibility index (Phi) is 7.13. The van der Waals surface area contributed by atoms with Gasteiger partial charge in [-0.2, -0.15) is 0 Å². The van der Waals surface area contributed by atoms with Gasteiger partial charge in [0.05, 0.1) is 13.1 Å². The standard InChI is InChI=1S/C6H13N3.C3H6O3/c7-6(8)9-4-2-1-3-5-9;1-2-6-3(4)5/h1-5H2,(H3,7,8);2H2,1H3,(H,4,5). The number of rotatable bonds is 1. The van der Waals surface area contributed by atoms with Gasteiger partial charge in [-0.3, -0.25) is 16.0 Å². The smallest absolute Gasteiger partial charge is 0.341 e. The highest BCUT2D eigenvalue weighted by atomic mass is 16.7. The van der Waals surface area contributed by atoms with Crippen molar-refractivity contribution in [3.05, 3.63) is 0 Å².